The predicted molar refractivity (Wildman–Crippen MR) is 79.5 cm³/mol. The van der Waals surface area contributed by atoms with Gasteiger partial charge in [-0.15, -0.1) is 0 Å². The summed E-state index contributed by atoms with van der Waals surface area (Å²) in [6.45, 7) is 0.622. The summed E-state index contributed by atoms with van der Waals surface area (Å²) in [5.74, 6) is -1.40. The minimum absolute atomic E-state index is 0.219. The predicted octanol–water partition coefficient (Wildman–Crippen LogP) is 0.775. The van der Waals surface area contributed by atoms with Crippen LogP contribution in [0, 0.1) is 0 Å². The summed E-state index contributed by atoms with van der Waals surface area (Å²) in [6, 6.07) is 12.0. The molecular weight excluding hydrogens is 282 g/mol. The number of aromatic nitrogens is 1. The number of anilines is 1. The molecule has 0 unspecified atom stereocenters. The molecule has 0 aliphatic carbocycles. The zero-order chi connectivity index (χ0) is 15.5. The van der Waals surface area contributed by atoms with Crippen molar-refractivity contribution >= 4 is 23.4 Å². The highest BCUT2D eigenvalue weighted by molar-refractivity contribution is 6.41. The fourth-order valence-electron chi connectivity index (χ4n) is 2.32. The van der Waals surface area contributed by atoms with E-state index in [0.29, 0.717) is 17.7 Å². The molecule has 1 aliphatic heterocycles. The summed E-state index contributed by atoms with van der Waals surface area (Å²) in [4.78, 5) is 41.5. The van der Waals surface area contributed by atoms with Gasteiger partial charge in [-0.25, -0.2) is 4.98 Å². The fourth-order valence-corrected chi connectivity index (χ4v) is 2.32. The molecule has 6 heteroatoms. The first-order chi connectivity index (χ1) is 10.7. The lowest BCUT2D eigenvalue weighted by atomic mass is 10.0. The second-order valence-corrected chi connectivity index (χ2v) is 4.78. The summed E-state index contributed by atoms with van der Waals surface area (Å²) >= 11 is 0. The van der Waals surface area contributed by atoms with E-state index in [1.165, 1.54) is 11.1 Å². The highest BCUT2D eigenvalue weighted by Gasteiger charge is 2.30. The molecule has 1 N–H and O–H groups in total. The minimum Gasteiger partial charge on any atom is -0.346 e. The lowest BCUT2D eigenvalue weighted by Gasteiger charge is -2.26. The highest BCUT2D eigenvalue weighted by Crippen LogP contribution is 2.21. The number of ketones is 1. The lowest BCUT2D eigenvalue weighted by Crippen LogP contribution is -2.53. The average molecular weight is 295 g/mol. The summed E-state index contributed by atoms with van der Waals surface area (Å²) in [6.07, 6.45) is 1.50. The molecule has 2 aromatic rings. The van der Waals surface area contributed by atoms with E-state index in [9.17, 15) is 14.4 Å². The number of hydrogen-bond acceptors (Lipinski definition) is 4. The van der Waals surface area contributed by atoms with Crippen LogP contribution in [-0.2, 0) is 9.59 Å². The molecule has 6 nitrogen and oxygen atoms in total. The number of carbonyl (C=O) groups is 3. The summed E-state index contributed by atoms with van der Waals surface area (Å²) < 4.78 is 0. The van der Waals surface area contributed by atoms with Gasteiger partial charge in [0.2, 0.25) is 0 Å². The molecule has 1 aromatic carbocycles. The second-order valence-electron chi connectivity index (χ2n) is 4.78. The van der Waals surface area contributed by atoms with E-state index in [4.69, 9.17) is 0 Å². The first-order valence-corrected chi connectivity index (χ1v) is 6.83. The van der Waals surface area contributed by atoms with Crippen molar-refractivity contribution in [1.29, 1.82) is 0 Å². The number of nitrogens with zero attached hydrogens (tertiary/aromatic N) is 2. The van der Waals surface area contributed by atoms with Crippen LogP contribution in [0.3, 0.4) is 0 Å². The first-order valence-electron chi connectivity index (χ1n) is 6.83. The van der Waals surface area contributed by atoms with Gasteiger partial charge < -0.3 is 5.32 Å². The maximum Gasteiger partial charge on any atom is 0.317 e. The summed E-state index contributed by atoms with van der Waals surface area (Å²) in [7, 11) is 0. The molecule has 2 heterocycles. The van der Waals surface area contributed by atoms with Crippen LogP contribution in [0.2, 0.25) is 0 Å². The van der Waals surface area contributed by atoms with Crippen LogP contribution < -0.4 is 10.2 Å². The van der Waals surface area contributed by atoms with E-state index in [2.05, 4.69) is 10.3 Å². The van der Waals surface area contributed by atoms with Gasteiger partial charge in [-0.2, -0.15) is 0 Å². The Kier molecular flexibility index (Phi) is 3.65. The van der Waals surface area contributed by atoms with Gasteiger partial charge in [-0.1, -0.05) is 30.3 Å². The van der Waals surface area contributed by atoms with Crippen LogP contribution in [0.5, 0.6) is 0 Å². The fraction of sp³-hybridized carbons (Fsp3) is 0.125. The molecule has 1 fully saturated rings. The molecule has 1 aliphatic rings. The molecule has 110 valence electrons. The molecule has 22 heavy (non-hydrogen) atoms. The summed E-state index contributed by atoms with van der Waals surface area (Å²) in [5.41, 5.74) is 0.808. The van der Waals surface area contributed by atoms with Crippen molar-refractivity contribution in [3.8, 4) is 0 Å². The second kappa shape index (κ2) is 5.77. The quantitative estimate of drug-likeness (QED) is 0.670. The molecule has 1 saturated heterocycles. The Labute approximate surface area is 126 Å². The SMILES string of the molecule is O=C1NCCN(c2ncccc2C(=O)c2ccccc2)C1=O. The van der Waals surface area contributed by atoms with Gasteiger partial charge in [0.05, 0.1) is 5.56 Å². The maximum absolute atomic E-state index is 12.6. The van der Waals surface area contributed by atoms with Crippen LogP contribution in [0.1, 0.15) is 15.9 Å². The van der Waals surface area contributed by atoms with E-state index in [-0.39, 0.29) is 18.1 Å². The van der Waals surface area contributed by atoms with Gasteiger partial charge in [0, 0.05) is 24.8 Å². The molecule has 2 amide bonds. The molecule has 1 aromatic heterocycles. The topological polar surface area (TPSA) is 79.4 Å². The average Bonchev–Trinajstić information content (AvgIpc) is 2.57. The van der Waals surface area contributed by atoms with Gasteiger partial charge in [0.25, 0.3) is 0 Å². The lowest BCUT2D eigenvalue weighted by molar-refractivity contribution is -0.138. The van der Waals surface area contributed by atoms with Crippen molar-refractivity contribution < 1.29 is 14.4 Å². The monoisotopic (exact) mass is 295 g/mol. The number of nitrogens with one attached hydrogen (secondary N) is 1. The summed E-state index contributed by atoms with van der Waals surface area (Å²) in [5, 5.41) is 2.47. The molecule has 3 rings (SSSR count). The Morgan fingerprint density at radius 1 is 1.09 bits per heavy atom. The van der Waals surface area contributed by atoms with Crippen molar-refractivity contribution in [2.24, 2.45) is 0 Å². The van der Waals surface area contributed by atoms with Crippen LogP contribution >= 0.6 is 0 Å². The van der Waals surface area contributed by atoms with E-state index < -0.39 is 11.8 Å². The Balaban J connectivity index is 2.02. The van der Waals surface area contributed by atoms with E-state index >= 15 is 0 Å². The Morgan fingerprint density at radius 3 is 2.64 bits per heavy atom. The maximum atomic E-state index is 12.6. The Morgan fingerprint density at radius 2 is 1.86 bits per heavy atom. The van der Waals surface area contributed by atoms with E-state index in [0.717, 1.165) is 0 Å². The van der Waals surface area contributed by atoms with Crippen LogP contribution in [-0.4, -0.2) is 35.7 Å². The standard InChI is InChI=1S/C16H13N3O3/c20-13(11-5-2-1-3-6-11)12-7-4-8-17-14(12)19-10-9-18-15(21)16(19)22/h1-8H,9-10H2,(H,18,21). The Bertz CT molecular complexity index is 743. The minimum atomic E-state index is -0.702. The zero-order valence-corrected chi connectivity index (χ0v) is 11.7. The number of rotatable bonds is 3. The number of carbonyl (C=O) groups excluding carboxylic acids is 3. The zero-order valence-electron chi connectivity index (χ0n) is 11.7. The van der Waals surface area contributed by atoms with Gasteiger partial charge in [-0.05, 0) is 12.1 Å². The Hall–Kier alpha value is -3.02. The third kappa shape index (κ3) is 2.46. The largest absolute Gasteiger partial charge is 0.346 e. The third-order valence-corrected chi connectivity index (χ3v) is 3.38. The van der Waals surface area contributed by atoms with Crippen LogP contribution in [0.4, 0.5) is 5.82 Å². The van der Waals surface area contributed by atoms with Crippen LogP contribution in [0.15, 0.2) is 48.7 Å². The molecule has 0 bridgehead atoms. The van der Waals surface area contributed by atoms with Gasteiger partial charge in [0.15, 0.2) is 5.78 Å². The van der Waals surface area contributed by atoms with E-state index in [1.807, 2.05) is 6.07 Å². The van der Waals surface area contributed by atoms with Crippen molar-refractivity contribution in [3.05, 3.63) is 59.8 Å². The molecule has 0 atom stereocenters. The van der Waals surface area contributed by atoms with Crippen molar-refractivity contribution in [1.82, 2.24) is 10.3 Å². The van der Waals surface area contributed by atoms with Crippen LogP contribution in [0.25, 0.3) is 0 Å². The molecule has 0 radical (unpaired) electrons. The van der Waals surface area contributed by atoms with Crippen molar-refractivity contribution in [2.45, 2.75) is 0 Å². The third-order valence-electron chi connectivity index (χ3n) is 3.38. The molecular formula is C16H13N3O3. The van der Waals surface area contributed by atoms with Gasteiger partial charge >= 0.3 is 11.8 Å². The number of piperazine rings is 1. The smallest absolute Gasteiger partial charge is 0.317 e. The number of hydrogen-bond donors (Lipinski definition) is 1. The van der Waals surface area contributed by atoms with Crippen molar-refractivity contribution in [3.63, 3.8) is 0 Å². The molecule has 0 saturated carbocycles. The van der Waals surface area contributed by atoms with E-state index in [1.54, 1.807) is 36.4 Å². The number of pyridine rings is 1. The number of benzene rings is 1. The van der Waals surface area contributed by atoms with Crippen molar-refractivity contribution in [2.75, 3.05) is 18.0 Å². The van der Waals surface area contributed by atoms with Gasteiger partial charge in [-0.3, -0.25) is 19.3 Å². The highest BCUT2D eigenvalue weighted by atomic mass is 16.2. The normalized spacial score (nSPS) is 14.6. The van der Waals surface area contributed by atoms with Gasteiger partial charge in [0.1, 0.15) is 5.82 Å². The molecule has 0 spiro atoms. The first kappa shape index (κ1) is 13.9. The number of amides is 2.